The molecule has 0 saturated heterocycles. The number of sulfonamides is 1. The van der Waals surface area contributed by atoms with Crippen LogP contribution in [0.15, 0.2) is 35.4 Å². The highest BCUT2D eigenvalue weighted by Crippen LogP contribution is 2.28. The number of H-pyrrole nitrogens is 1. The summed E-state index contributed by atoms with van der Waals surface area (Å²) in [7, 11) is -0.377. The Labute approximate surface area is 128 Å². The van der Waals surface area contributed by atoms with E-state index in [2.05, 4.69) is 15.0 Å². The fourth-order valence-electron chi connectivity index (χ4n) is 1.81. The summed E-state index contributed by atoms with van der Waals surface area (Å²) in [5, 5.41) is 3.28. The summed E-state index contributed by atoms with van der Waals surface area (Å²) in [4.78, 5) is 3.07. The van der Waals surface area contributed by atoms with Gasteiger partial charge in [0.1, 0.15) is 10.6 Å². The van der Waals surface area contributed by atoms with Crippen LogP contribution >= 0.6 is 11.6 Å². The zero-order valence-corrected chi connectivity index (χ0v) is 13.2. The molecule has 0 spiro atoms. The van der Waals surface area contributed by atoms with E-state index >= 15 is 0 Å². The van der Waals surface area contributed by atoms with Gasteiger partial charge in [0.2, 0.25) is 0 Å². The lowest BCUT2D eigenvalue weighted by atomic mass is 10.3. The molecule has 1 heterocycles. The molecule has 0 radical (unpaired) electrons. The molecule has 2 rings (SSSR count). The minimum absolute atomic E-state index is 0.166. The second-order valence-corrected chi connectivity index (χ2v) is 6.44. The van der Waals surface area contributed by atoms with Crippen molar-refractivity contribution in [1.82, 2.24) is 10.3 Å². The number of halogens is 1. The molecule has 0 bridgehead atoms. The highest BCUT2D eigenvalue weighted by atomic mass is 35.5. The summed E-state index contributed by atoms with van der Waals surface area (Å²) in [6.07, 6.45) is 1.44. The van der Waals surface area contributed by atoms with Crippen LogP contribution in [0.4, 0.5) is 5.69 Å². The Morgan fingerprint density at radius 2 is 2.10 bits per heavy atom. The molecule has 0 amide bonds. The predicted molar refractivity (Wildman–Crippen MR) is 82.4 cm³/mol. The van der Waals surface area contributed by atoms with E-state index in [9.17, 15) is 8.42 Å². The van der Waals surface area contributed by atoms with Crippen molar-refractivity contribution in [3.05, 3.63) is 41.2 Å². The van der Waals surface area contributed by atoms with Crippen LogP contribution in [-0.2, 0) is 16.6 Å². The molecule has 0 aliphatic heterocycles. The van der Waals surface area contributed by atoms with Crippen molar-refractivity contribution in [1.29, 1.82) is 0 Å². The third-order valence-corrected chi connectivity index (χ3v) is 4.45. The molecule has 0 aliphatic rings. The second-order valence-electron chi connectivity index (χ2n) is 4.35. The maximum Gasteiger partial charge on any atom is 0.263 e. The van der Waals surface area contributed by atoms with Crippen LogP contribution in [-0.4, -0.2) is 27.6 Å². The van der Waals surface area contributed by atoms with Crippen LogP contribution in [0.3, 0.4) is 0 Å². The van der Waals surface area contributed by atoms with E-state index in [1.165, 1.54) is 19.4 Å². The monoisotopic (exact) mass is 329 g/mol. The van der Waals surface area contributed by atoms with Gasteiger partial charge in [-0.2, -0.15) is 0 Å². The van der Waals surface area contributed by atoms with Gasteiger partial charge in [-0.15, -0.1) is 0 Å². The van der Waals surface area contributed by atoms with Crippen molar-refractivity contribution in [3.63, 3.8) is 0 Å². The van der Waals surface area contributed by atoms with Crippen molar-refractivity contribution in [2.24, 2.45) is 0 Å². The number of hydrogen-bond donors (Lipinski definition) is 3. The average molecular weight is 330 g/mol. The molecule has 1 aromatic carbocycles. The van der Waals surface area contributed by atoms with Gasteiger partial charge in [0.05, 0.1) is 17.8 Å². The highest BCUT2D eigenvalue weighted by molar-refractivity contribution is 7.92. The van der Waals surface area contributed by atoms with Crippen LogP contribution in [0.2, 0.25) is 5.02 Å². The first-order chi connectivity index (χ1) is 9.96. The maximum absolute atomic E-state index is 12.3. The third-order valence-electron chi connectivity index (χ3n) is 2.80. The van der Waals surface area contributed by atoms with Gasteiger partial charge in [0.15, 0.2) is 0 Å². The SMILES string of the molecule is CNCc1cc(S(=O)(=O)Nc2ccc(OC)c(Cl)c2)c[nH]1. The lowest BCUT2D eigenvalue weighted by molar-refractivity contribution is 0.415. The molecule has 21 heavy (non-hydrogen) atoms. The number of benzene rings is 1. The maximum atomic E-state index is 12.3. The number of anilines is 1. The molecule has 8 heteroatoms. The van der Waals surface area contributed by atoms with E-state index in [0.29, 0.717) is 23.0 Å². The van der Waals surface area contributed by atoms with Gasteiger partial charge in [-0.05, 0) is 31.3 Å². The number of nitrogens with one attached hydrogen (secondary N) is 3. The second kappa shape index (κ2) is 6.38. The molecule has 114 valence electrons. The van der Waals surface area contributed by atoms with Crippen LogP contribution in [0.5, 0.6) is 5.75 Å². The van der Waals surface area contributed by atoms with E-state index in [0.717, 1.165) is 5.69 Å². The van der Waals surface area contributed by atoms with Crippen LogP contribution in [0.1, 0.15) is 5.69 Å². The van der Waals surface area contributed by atoms with Gasteiger partial charge >= 0.3 is 0 Å². The van der Waals surface area contributed by atoms with E-state index in [1.54, 1.807) is 25.2 Å². The standard InChI is InChI=1S/C13H16ClN3O3S/c1-15-7-10-5-11(8-16-10)21(18,19)17-9-3-4-13(20-2)12(14)6-9/h3-6,8,15-17H,7H2,1-2H3. The summed E-state index contributed by atoms with van der Waals surface area (Å²) in [6.45, 7) is 0.559. The first-order valence-corrected chi connectivity index (χ1v) is 8.00. The van der Waals surface area contributed by atoms with Gasteiger partial charge in [-0.25, -0.2) is 8.42 Å². The minimum atomic E-state index is -3.66. The molecule has 0 saturated carbocycles. The zero-order chi connectivity index (χ0) is 15.5. The number of rotatable bonds is 6. The summed E-state index contributed by atoms with van der Waals surface area (Å²) in [6, 6.07) is 6.26. The van der Waals surface area contributed by atoms with Crippen LogP contribution < -0.4 is 14.8 Å². The third kappa shape index (κ3) is 3.69. The summed E-state index contributed by atoms with van der Waals surface area (Å²) < 4.78 is 32.0. The first-order valence-electron chi connectivity index (χ1n) is 6.14. The highest BCUT2D eigenvalue weighted by Gasteiger charge is 2.16. The molecular formula is C13H16ClN3O3S. The number of aromatic nitrogens is 1. The Bertz CT molecular complexity index is 728. The van der Waals surface area contributed by atoms with Crippen LogP contribution in [0, 0.1) is 0 Å². The number of methoxy groups -OCH3 is 1. The Morgan fingerprint density at radius 3 is 2.71 bits per heavy atom. The summed E-state index contributed by atoms with van der Waals surface area (Å²) in [5.74, 6) is 0.484. The number of aromatic amines is 1. The summed E-state index contributed by atoms with van der Waals surface area (Å²) >= 11 is 5.98. The molecule has 2 aromatic rings. The smallest absolute Gasteiger partial charge is 0.263 e. The van der Waals surface area contributed by atoms with Gasteiger partial charge in [-0.1, -0.05) is 11.6 Å². The Balaban J connectivity index is 2.22. The number of ether oxygens (including phenoxy) is 1. The molecular weight excluding hydrogens is 314 g/mol. The zero-order valence-electron chi connectivity index (χ0n) is 11.6. The Morgan fingerprint density at radius 1 is 1.33 bits per heavy atom. The fraction of sp³-hybridized carbons (Fsp3) is 0.231. The molecule has 1 aromatic heterocycles. The van der Waals surface area contributed by atoms with Gasteiger partial charge in [0.25, 0.3) is 10.0 Å². The Kier molecular flexibility index (Phi) is 4.76. The fourth-order valence-corrected chi connectivity index (χ4v) is 3.13. The van der Waals surface area contributed by atoms with Crippen LogP contribution in [0.25, 0.3) is 0 Å². The normalized spacial score (nSPS) is 11.4. The van der Waals surface area contributed by atoms with Crippen molar-refractivity contribution < 1.29 is 13.2 Å². The molecule has 0 atom stereocenters. The van der Waals surface area contributed by atoms with Gasteiger partial charge < -0.3 is 15.0 Å². The summed E-state index contributed by atoms with van der Waals surface area (Å²) in [5.41, 5.74) is 1.16. The van der Waals surface area contributed by atoms with Crippen molar-refractivity contribution in [3.8, 4) is 5.75 Å². The Hall–Kier alpha value is -1.70. The molecule has 0 unspecified atom stereocenters. The lowest BCUT2D eigenvalue weighted by Crippen LogP contribution is -2.12. The topological polar surface area (TPSA) is 83.2 Å². The predicted octanol–water partition coefficient (Wildman–Crippen LogP) is 2.20. The lowest BCUT2D eigenvalue weighted by Gasteiger charge is -2.08. The quantitative estimate of drug-likeness (QED) is 0.758. The minimum Gasteiger partial charge on any atom is -0.495 e. The average Bonchev–Trinajstić information content (AvgIpc) is 2.88. The molecule has 0 fully saturated rings. The largest absolute Gasteiger partial charge is 0.495 e. The van der Waals surface area contributed by atoms with Crippen molar-refractivity contribution >= 4 is 27.3 Å². The van der Waals surface area contributed by atoms with E-state index in [4.69, 9.17) is 16.3 Å². The van der Waals surface area contributed by atoms with Crippen molar-refractivity contribution in [2.75, 3.05) is 18.9 Å². The molecule has 3 N–H and O–H groups in total. The first kappa shape index (κ1) is 15.7. The molecule has 6 nitrogen and oxygen atoms in total. The van der Waals surface area contributed by atoms with Crippen molar-refractivity contribution in [2.45, 2.75) is 11.4 Å². The van der Waals surface area contributed by atoms with E-state index in [-0.39, 0.29) is 4.90 Å². The van der Waals surface area contributed by atoms with Gasteiger partial charge in [0, 0.05) is 18.4 Å². The molecule has 0 aliphatic carbocycles. The number of hydrogen-bond acceptors (Lipinski definition) is 4. The van der Waals surface area contributed by atoms with E-state index < -0.39 is 10.0 Å². The van der Waals surface area contributed by atoms with Gasteiger partial charge in [-0.3, -0.25) is 4.72 Å². The van der Waals surface area contributed by atoms with E-state index in [1.807, 2.05) is 0 Å².